The standard InChI is InChI=1S/C27H17ClFNO5S2/c28-24-15-21(29)9-7-20(24)16-30-26(31)25(36-27(30)32)13-17-5-10-22(11-6-17)35-37(33,34)23-12-8-18-3-1-2-4-19(18)14-23/h1-15H,16H2/b25-13-. The van der Waals surface area contributed by atoms with Crippen LogP contribution >= 0.6 is 23.4 Å². The van der Waals surface area contributed by atoms with Gasteiger partial charge in [0.2, 0.25) is 0 Å². The number of benzene rings is 4. The minimum atomic E-state index is -4.06. The third-order valence-electron chi connectivity index (χ3n) is 5.61. The number of carbonyl (C=O) groups excluding carboxylic acids is 2. The minimum Gasteiger partial charge on any atom is -0.379 e. The van der Waals surface area contributed by atoms with E-state index in [-0.39, 0.29) is 27.1 Å². The van der Waals surface area contributed by atoms with Gasteiger partial charge in [-0.05, 0) is 76.1 Å². The first-order chi connectivity index (χ1) is 17.7. The minimum absolute atomic E-state index is 0.0326. The lowest BCUT2D eigenvalue weighted by atomic mass is 10.1. The molecule has 0 N–H and O–H groups in total. The van der Waals surface area contributed by atoms with Crippen molar-refractivity contribution in [1.82, 2.24) is 4.90 Å². The van der Waals surface area contributed by atoms with Gasteiger partial charge in [0, 0.05) is 5.02 Å². The van der Waals surface area contributed by atoms with E-state index in [1.165, 1.54) is 36.4 Å². The number of rotatable bonds is 6. The number of amides is 2. The number of fused-ring (bicyclic) bond motifs is 1. The summed E-state index contributed by atoms with van der Waals surface area (Å²) >= 11 is 6.80. The zero-order chi connectivity index (χ0) is 26.2. The highest BCUT2D eigenvalue weighted by Gasteiger charge is 2.35. The van der Waals surface area contributed by atoms with Crippen molar-refractivity contribution in [3.63, 3.8) is 0 Å². The van der Waals surface area contributed by atoms with Gasteiger partial charge in [-0.25, -0.2) is 4.39 Å². The Labute approximate surface area is 221 Å². The van der Waals surface area contributed by atoms with Crippen LogP contribution in [-0.2, 0) is 21.5 Å². The molecule has 6 nitrogen and oxygen atoms in total. The van der Waals surface area contributed by atoms with E-state index >= 15 is 0 Å². The molecule has 1 heterocycles. The van der Waals surface area contributed by atoms with E-state index in [9.17, 15) is 22.4 Å². The lowest BCUT2D eigenvalue weighted by Crippen LogP contribution is -2.27. The van der Waals surface area contributed by atoms with Gasteiger partial charge in [0.05, 0.1) is 11.4 Å². The number of carbonyl (C=O) groups is 2. The van der Waals surface area contributed by atoms with Gasteiger partial charge in [0.1, 0.15) is 16.5 Å². The van der Waals surface area contributed by atoms with Gasteiger partial charge in [-0.1, -0.05) is 60.1 Å². The third kappa shape index (κ3) is 5.39. The van der Waals surface area contributed by atoms with Crippen LogP contribution in [0.15, 0.2) is 94.7 Å². The lowest BCUT2D eigenvalue weighted by Gasteiger charge is -2.13. The van der Waals surface area contributed by atoms with Gasteiger partial charge in [-0.2, -0.15) is 8.42 Å². The van der Waals surface area contributed by atoms with Gasteiger partial charge in [0.15, 0.2) is 0 Å². The molecule has 1 aliphatic rings. The zero-order valence-corrected chi connectivity index (χ0v) is 21.3. The van der Waals surface area contributed by atoms with Crippen LogP contribution in [0.4, 0.5) is 9.18 Å². The Kier molecular flexibility index (Phi) is 6.76. The van der Waals surface area contributed by atoms with E-state index in [4.69, 9.17) is 15.8 Å². The Balaban J connectivity index is 1.30. The molecule has 0 bridgehead atoms. The van der Waals surface area contributed by atoms with E-state index in [2.05, 4.69) is 0 Å². The fourth-order valence-electron chi connectivity index (χ4n) is 3.73. The van der Waals surface area contributed by atoms with Crippen molar-refractivity contribution in [3.05, 3.63) is 112 Å². The monoisotopic (exact) mass is 553 g/mol. The summed E-state index contributed by atoms with van der Waals surface area (Å²) in [7, 11) is -4.06. The van der Waals surface area contributed by atoms with Crippen LogP contribution in [0.5, 0.6) is 5.75 Å². The first-order valence-corrected chi connectivity index (χ1v) is 13.5. The maximum atomic E-state index is 13.3. The predicted octanol–water partition coefficient (Wildman–Crippen LogP) is 6.64. The maximum absolute atomic E-state index is 13.3. The van der Waals surface area contributed by atoms with Crippen molar-refractivity contribution in [2.45, 2.75) is 11.4 Å². The van der Waals surface area contributed by atoms with Gasteiger partial charge in [0.25, 0.3) is 11.1 Å². The number of nitrogens with zero attached hydrogens (tertiary/aromatic N) is 1. The van der Waals surface area contributed by atoms with Gasteiger partial charge in [-0.15, -0.1) is 0 Å². The number of halogens is 2. The van der Waals surface area contributed by atoms with Crippen molar-refractivity contribution in [1.29, 1.82) is 0 Å². The van der Waals surface area contributed by atoms with Crippen LogP contribution in [0.3, 0.4) is 0 Å². The summed E-state index contributed by atoms with van der Waals surface area (Å²) in [5, 5.41) is 1.34. The van der Waals surface area contributed by atoms with Crippen LogP contribution in [-0.4, -0.2) is 24.5 Å². The molecule has 4 aromatic rings. The highest BCUT2D eigenvalue weighted by atomic mass is 35.5. The molecule has 4 aromatic carbocycles. The average Bonchev–Trinajstić information content (AvgIpc) is 3.13. The van der Waals surface area contributed by atoms with Crippen molar-refractivity contribution in [2.24, 2.45) is 0 Å². The molecule has 5 rings (SSSR count). The fourth-order valence-corrected chi connectivity index (χ4v) is 5.76. The number of imide groups is 1. The lowest BCUT2D eigenvalue weighted by molar-refractivity contribution is -0.123. The second-order valence-corrected chi connectivity index (χ2v) is 11.1. The Morgan fingerprint density at radius 2 is 1.65 bits per heavy atom. The molecule has 1 saturated heterocycles. The van der Waals surface area contributed by atoms with Crippen molar-refractivity contribution in [2.75, 3.05) is 0 Å². The molecule has 10 heteroatoms. The molecule has 1 aliphatic heterocycles. The van der Waals surface area contributed by atoms with Crippen molar-refractivity contribution < 1.29 is 26.6 Å². The van der Waals surface area contributed by atoms with E-state index < -0.39 is 27.1 Å². The smallest absolute Gasteiger partial charge is 0.339 e. The van der Waals surface area contributed by atoms with Crippen molar-refractivity contribution >= 4 is 61.5 Å². The van der Waals surface area contributed by atoms with Gasteiger partial charge >= 0.3 is 10.1 Å². The largest absolute Gasteiger partial charge is 0.379 e. The van der Waals surface area contributed by atoms with E-state index in [0.29, 0.717) is 11.1 Å². The van der Waals surface area contributed by atoms with Crippen molar-refractivity contribution in [3.8, 4) is 5.75 Å². The highest BCUT2D eigenvalue weighted by molar-refractivity contribution is 8.18. The van der Waals surface area contributed by atoms with E-state index in [1.54, 1.807) is 24.3 Å². The summed E-state index contributed by atoms with van der Waals surface area (Å²) in [6.45, 7) is -0.0828. The number of hydrogen-bond acceptors (Lipinski definition) is 6. The van der Waals surface area contributed by atoms with E-state index in [1.807, 2.05) is 24.3 Å². The van der Waals surface area contributed by atoms with Crippen LogP contribution in [0.1, 0.15) is 11.1 Å². The second-order valence-electron chi connectivity index (χ2n) is 8.12. The maximum Gasteiger partial charge on any atom is 0.339 e. The quantitative estimate of drug-likeness (QED) is 0.197. The molecule has 0 saturated carbocycles. The number of thioether (sulfide) groups is 1. The molecule has 186 valence electrons. The molecule has 0 unspecified atom stereocenters. The summed E-state index contributed by atoms with van der Waals surface area (Å²) in [5.74, 6) is -0.917. The van der Waals surface area contributed by atoms with Crippen LogP contribution in [0, 0.1) is 5.82 Å². The van der Waals surface area contributed by atoms with Crippen LogP contribution in [0.2, 0.25) is 5.02 Å². The molecule has 0 atom stereocenters. The first-order valence-electron chi connectivity index (χ1n) is 10.9. The van der Waals surface area contributed by atoms with Crippen LogP contribution < -0.4 is 4.18 Å². The zero-order valence-electron chi connectivity index (χ0n) is 18.9. The molecule has 0 spiro atoms. The second kappa shape index (κ2) is 10.0. The molecule has 1 fully saturated rings. The van der Waals surface area contributed by atoms with E-state index in [0.717, 1.165) is 33.5 Å². The summed E-state index contributed by atoms with van der Waals surface area (Å²) in [6, 6.07) is 22.0. The molecular weight excluding hydrogens is 537 g/mol. The Hall–Kier alpha value is -3.66. The molecule has 37 heavy (non-hydrogen) atoms. The van der Waals surface area contributed by atoms with Gasteiger partial charge < -0.3 is 4.18 Å². The summed E-state index contributed by atoms with van der Waals surface area (Å²) < 4.78 is 44.1. The third-order valence-corrected chi connectivity index (χ3v) is 8.11. The van der Waals surface area contributed by atoms with Crippen LogP contribution in [0.25, 0.3) is 16.8 Å². The Morgan fingerprint density at radius 3 is 2.38 bits per heavy atom. The molecule has 0 aromatic heterocycles. The predicted molar refractivity (Wildman–Crippen MR) is 141 cm³/mol. The normalized spacial score (nSPS) is 15.1. The summed E-state index contributed by atoms with van der Waals surface area (Å²) in [4.78, 5) is 26.5. The Bertz CT molecular complexity index is 1690. The molecular formula is C27H17ClFNO5S2. The SMILES string of the molecule is O=C1S/C(=C\c2ccc(OS(=O)(=O)c3ccc4ccccc4c3)cc2)C(=O)N1Cc1ccc(F)cc1Cl. The fraction of sp³-hybridized carbons (Fsp3) is 0.0370. The topological polar surface area (TPSA) is 80.8 Å². The first kappa shape index (κ1) is 25.0. The Morgan fingerprint density at radius 1 is 0.919 bits per heavy atom. The highest BCUT2D eigenvalue weighted by Crippen LogP contribution is 2.34. The summed E-state index contributed by atoms with van der Waals surface area (Å²) in [5.41, 5.74) is 1.02. The van der Waals surface area contributed by atoms with Gasteiger partial charge in [-0.3, -0.25) is 14.5 Å². The molecule has 2 amide bonds. The molecule has 0 aliphatic carbocycles. The summed E-state index contributed by atoms with van der Waals surface area (Å²) in [6.07, 6.45) is 1.53. The average molecular weight is 554 g/mol. The number of hydrogen-bond donors (Lipinski definition) is 0. The molecule has 0 radical (unpaired) electrons.